The van der Waals surface area contributed by atoms with E-state index in [-0.39, 0.29) is 36.9 Å². The number of aliphatic hydroxyl groups excluding tert-OH is 1. The SMILES string of the molecule is CCCC#Cc1cnc2c(c1)C(=O)N([C@H](C)CO)C[C@H](C)[C@H](CN(C)C(=O)Nc1c(C)noc1C)O2. The molecule has 2 aromatic heterocycles. The number of fused-ring (bicyclic) bond motifs is 1. The van der Waals surface area contributed by atoms with Gasteiger partial charge in [-0.3, -0.25) is 4.79 Å². The molecule has 10 heteroatoms. The molecule has 10 nitrogen and oxygen atoms in total. The summed E-state index contributed by atoms with van der Waals surface area (Å²) in [5.74, 6) is 6.40. The number of rotatable bonds is 6. The van der Waals surface area contributed by atoms with E-state index >= 15 is 0 Å². The van der Waals surface area contributed by atoms with Crippen molar-refractivity contribution in [1.82, 2.24) is 19.9 Å². The van der Waals surface area contributed by atoms with Crippen molar-refractivity contribution in [3.05, 3.63) is 34.8 Å². The Bertz CT molecular complexity index is 1130. The number of carbonyl (C=O) groups excluding carboxylic acids is 2. The summed E-state index contributed by atoms with van der Waals surface area (Å²) in [6.45, 7) is 9.68. The van der Waals surface area contributed by atoms with E-state index in [2.05, 4.69) is 27.3 Å². The third-order valence-corrected chi connectivity index (χ3v) is 6.19. The number of ether oxygens (including phenoxy) is 1. The van der Waals surface area contributed by atoms with Crippen LogP contribution in [-0.4, -0.2) is 75.9 Å². The Morgan fingerprint density at radius 1 is 1.42 bits per heavy atom. The van der Waals surface area contributed by atoms with E-state index in [9.17, 15) is 14.7 Å². The average Bonchev–Trinajstić information content (AvgIpc) is 3.18. The summed E-state index contributed by atoms with van der Waals surface area (Å²) in [5, 5.41) is 16.5. The number of urea groups is 1. The molecule has 0 saturated carbocycles. The van der Waals surface area contributed by atoms with Crippen LogP contribution >= 0.6 is 0 Å². The van der Waals surface area contributed by atoms with E-state index in [1.165, 1.54) is 4.90 Å². The van der Waals surface area contributed by atoms with Crippen molar-refractivity contribution < 1.29 is 24.0 Å². The highest BCUT2D eigenvalue weighted by molar-refractivity contribution is 5.97. The lowest BCUT2D eigenvalue weighted by molar-refractivity contribution is 0.0356. The maximum atomic E-state index is 13.5. The number of amides is 3. The predicted octanol–water partition coefficient (Wildman–Crippen LogP) is 3.22. The van der Waals surface area contributed by atoms with E-state index in [0.717, 1.165) is 12.8 Å². The lowest BCUT2D eigenvalue weighted by Crippen LogP contribution is -2.50. The second-order valence-electron chi connectivity index (χ2n) is 9.26. The van der Waals surface area contributed by atoms with Crippen molar-refractivity contribution in [3.63, 3.8) is 0 Å². The zero-order chi connectivity index (χ0) is 26.4. The third-order valence-electron chi connectivity index (χ3n) is 6.19. The molecular formula is C26H35N5O5. The standard InChI is InChI=1S/C26H35N5O5/c1-7-8-9-10-20-11-21-24(27-12-20)35-22(16(2)13-31(25(21)33)17(3)15-32)14-30(6)26(34)28-23-18(4)29-36-19(23)5/h11-12,16-17,22,32H,7-8,13-15H2,1-6H3,(H,28,34)/t16-,17+,22-/m0/s1. The van der Waals surface area contributed by atoms with Gasteiger partial charge in [-0.15, -0.1) is 0 Å². The summed E-state index contributed by atoms with van der Waals surface area (Å²) in [6, 6.07) is 0.946. The second-order valence-corrected chi connectivity index (χ2v) is 9.26. The minimum atomic E-state index is -0.463. The number of pyridine rings is 1. The Hall–Kier alpha value is -3.58. The number of carbonyl (C=O) groups is 2. The van der Waals surface area contributed by atoms with Crippen LogP contribution in [0.1, 0.15) is 61.0 Å². The molecule has 1 aliphatic heterocycles. The summed E-state index contributed by atoms with van der Waals surface area (Å²) in [5.41, 5.74) is 2.04. The fourth-order valence-corrected chi connectivity index (χ4v) is 3.89. The molecular weight excluding hydrogens is 462 g/mol. The van der Waals surface area contributed by atoms with Gasteiger partial charge in [0.1, 0.15) is 23.0 Å². The first-order valence-corrected chi connectivity index (χ1v) is 12.2. The molecule has 0 fully saturated rings. The number of aliphatic hydroxyl groups is 1. The number of hydrogen-bond donors (Lipinski definition) is 2. The number of nitrogens with zero attached hydrogens (tertiary/aromatic N) is 4. The highest BCUT2D eigenvalue weighted by Crippen LogP contribution is 2.27. The zero-order valence-corrected chi connectivity index (χ0v) is 21.8. The normalized spacial score (nSPS) is 18.2. The Morgan fingerprint density at radius 2 is 2.17 bits per heavy atom. The largest absolute Gasteiger partial charge is 0.472 e. The van der Waals surface area contributed by atoms with Crippen molar-refractivity contribution in [2.75, 3.05) is 32.1 Å². The highest BCUT2D eigenvalue weighted by Gasteiger charge is 2.34. The van der Waals surface area contributed by atoms with E-state index < -0.39 is 12.1 Å². The lowest BCUT2D eigenvalue weighted by Gasteiger charge is -2.37. The number of aryl methyl sites for hydroxylation is 2. The summed E-state index contributed by atoms with van der Waals surface area (Å²) in [4.78, 5) is 33.9. The van der Waals surface area contributed by atoms with Gasteiger partial charge in [0.15, 0.2) is 5.76 Å². The molecule has 2 aromatic rings. The number of anilines is 1. The molecule has 1 aliphatic rings. The van der Waals surface area contributed by atoms with Crippen LogP contribution in [0, 0.1) is 31.6 Å². The van der Waals surface area contributed by atoms with Crippen LogP contribution in [-0.2, 0) is 0 Å². The van der Waals surface area contributed by atoms with Gasteiger partial charge < -0.3 is 29.5 Å². The fourth-order valence-electron chi connectivity index (χ4n) is 3.89. The maximum Gasteiger partial charge on any atom is 0.321 e. The van der Waals surface area contributed by atoms with Crippen LogP contribution in [0.5, 0.6) is 5.88 Å². The summed E-state index contributed by atoms with van der Waals surface area (Å²) >= 11 is 0. The lowest BCUT2D eigenvalue weighted by atomic mass is 10.00. The maximum absolute atomic E-state index is 13.5. The van der Waals surface area contributed by atoms with Crippen LogP contribution < -0.4 is 10.1 Å². The average molecular weight is 498 g/mol. The molecule has 3 rings (SSSR count). The minimum absolute atomic E-state index is 0.156. The first kappa shape index (κ1) is 27.0. The van der Waals surface area contributed by atoms with Gasteiger partial charge in [-0.1, -0.05) is 30.8 Å². The van der Waals surface area contributed by atoms with Crippen molar-refractivity contribution in [2.45, 2.75) is 59.6 Å². The van der Waals surface area contributed by atoms with Crippen LogP contribution in [0.25, 0.3) is 0 Å². The van der Waals surface area contributed by atoms with Crippen LogP contribution in [0.4, 0.5) is 10.5 Å². The molecule has 0 aliphatic carbocycles. The van der Waals surface area contributed by atoms with Crippen molar-refractivity contribution in [3.8, 4) is 17.7 Å². The van der Waals surface area contributed by atoms with Crippen molar-refractivity contribution in [1.29, 1.82) is 0 Å². The molecule has 0 aromatic carbocycles. The number of hydrogen-bond acceptors (Lipinski definition) is 7. The third kappa shape index (κ3) is 6.15. The molecule has 3 amide bonds. The van der Waals surface area contributed by atoms with Gasteiger partial charge in [-0.2, -0.15) is 0 Å². The van der Waals surface area contributed by atoms with E-state index in [1.807, 2.05) is 13.8 Å². The predicted molar refractivity (Wildman–Crippen MR) is 135 cm³/mol. The number of nitrogens with one attached hydrogen (secondary N) is 1. The van der Waals surface area contributed by atoms with Crippen LogP contribution in [0.15, 0.2) is 16.8 Å². The quantitative estimate of drug-likeness (QED) is 0.588. The van der Waals surface area contributed by atoms with E-state index in [4.69, 9.17) is 9.26 Å². The molecule has 194 valence electrons. The molecule has 0 unspecified atom stereocenters. The van der Waals surface area contributed by atoms with E-state index in [0.29, 0.717) is 34.8 Å². The van der Waals surface area contributed by atoms with Crippen molar-refractivity contribution in [2.24, 2.45) is 5.92 Å². The molecule has 3 heterocycles. The van der Waals surface area contributed by atoms with Gasteiger partial charge in [0, 0.05) is 37.7 Å². The Balaban J connectivity index is 1.88. The zero-order valence-electron chi connectivity index (χ0n) is 21.8. The van der Waals surface area contributed by atoms with Gasteiger partial charge in [0.05, 0.1) is 19.2 Å². The molecule has 2 N–H and O–H groups in total. The van der Waals surface area contributed by atoms with Gasteiger partial charge in [-0.05, 0) is 33.3 Å². The molecule has 3 atom stereocenters. The van der Waals surface area contributed by atoms with Crippen LogP contribution in [0.3, 0.4) is 0 Å². The van der Waals surface area contributed by atoms with Gasteiger partial charge in [-0.25, -0.2) is 9.78 Å². The summed E-state index contributed by atoms with van der Waals surface area (Å²) in [6.07, 6.45) is 2.81. The Labute approximate surface area is 212 Å². The monoisotopic (exact) mass is 497 g/mol. The first-order chi connectivity index (χ1) is 17.2. The first-order valence-electron chi connectivity index (χ1n) is 12.2. The molecule has 0 saturated heterocycles. The number of likely N-dealkylation sites (N-methyl/N-ethyl adjacent to an activating group) is 1. The summed E-state index contributed by atoms with van der Waals surface area (Å²) < 4.78 is 11.4. The molecule has 36 heavy (non-hydrogen) atoms. The molecule has 0 spiro atoms. The number of aromatic nitrogens is 2. The Kier molecular flexibility index (Phi) is 8.93. The smallest absolute Gasteiger partial charge is 0.321 e. The van der Waals surface area contributed by atoms with Gasteiger partial charge >= 0.3 is 6.03 Å². The topological polar surface area (TPSA) is 121 Å². The Morgan fingerprint density at radius 3 is 2.81 bits per heavy atom. The highest BCUT2D eigenvalue weighted by atomic mass is 16.5. The minimum Gasteiger partial charge on any atom is -0.472 e. The van der Waals surface area contributed by atoms with Gasteiger partial charge in [0.2, 0.25) is 5.88 Å². The van der Waals surface area contributed by atoms with E-state index in [1.54, 1.807) is 45.0 Å². The van der Waals surface area contributed by atoms with Crippen LogP contribution in [0.2, 0.25) is 0 Å². The molecule has 0 bridgehead atoms. The van der Waals surface area contributed by atoms with Gasteiger partial charge in [0.25, 0.3) is 5.91 Å². The van der Waals surface area contributed by atoms with Crippen molar-refractivity contribution >= 4 is 17.6 Å². The number of unbranched alkanes of at least 4 members (excludes halogenated alkanes) is 1. The summed E-state index contributed by atoms with van der Waals surface area (Å²) in [7, 11) is 1.67. The molecule has 0 radical (unpaired) electrons. The fraction of sp³-hybridized carbons (Fsp3) is 0.538. The second kappa shape index (κ2) is 11.9.